The Balaban J connectivity index is 1.20. The van der Waals surface area contributed by atoms with E-state index >= 15 is 0 Å². The summed E-state index contributed by atoms with van der Waals surface area (Å²) in [6, 6.07) is 19.6. The lowest BCUT2D eigenvalue weighted by atomic mass is 9.98. The van der Waals surface area contributed by atoms with Crippen molar-refractivity contribution in [1.29, 1.82) is 0 Å². The second kappa shape index (κ2) is 8.48. The maximum Gasteiger partial charge on any atom is 0.407 e. The topological polar surface area (TPSA) is 73.9 Å². The lowest BCUT2D eigenvalue weighted by Gasteiger charge is -2.14. The highest BCUT2D eigenvalue weighted by Crippen LogP contribution is 2.44. The van der Waals surface area contributed by atoms with Crippen molar-refractivity contribution in [1.82, 2.24) is 5.32 Å². The Morgan fingerprint density at radius 1 is 1.03 bits per heavy atom. The molecule has 1 amide bonds. The number of carbonyl (C=O) groups excluding carboxylic acids is 2. The summed E-state index contributed by atoms with van der Waals surface area (Å²) in [5.41, 5.74) is 5.59. The molecule has 0 spiro atoms. The van der Waals surface area contributed by atoms with Crippen LogP contribution in [0.5, 0.6) is 11.5 Å². The van der Waals surface area contributed by atoms with E-state index in [0.717, 1.165) is 11.1 Å². The van der Waals surface area contributed by atoms with Gasteiger partial charge in [0.1, 0.15) is 6.61 Å². The fourth-order valence-electron chi connectivity index (χ4n) is 4.07. The molecular formula is C26H19NO5. The number of fused-ring (bicyclic) bond motifs is 4. The molecule has 3 aromatic rings. The zero-order valence-electron chi connectivity index (χ0n) is 17.1. The molecule has 0 bridgehead atoms. The van der Waals surface area contributed by atoms with Gasteiger partial charge in [0.15, 0.2) is 17.8 Å². The SMILES string of the molecule is O=Cc1cc2c(cc1C#CCNC(=O)OCC1c3ccccc3-c3ccccc31)OCO2. The number of hydrogen-bond donors (Lipinski definition) is 1. The minimum Gasteiger partial charge on any atom is -0.454 e. The van der Waals surface area contributed by atoms with Crippen molar-refractivity contribution in [3.05, 3.63) is 82.9 Å². The second-order valence-corrected chi connectivity index (χ2v) is 7.39. The highest BCUT2D eigenvalue weighted by molar-refractivity contribution is 5.82. The van der Waals surface area contributed by atoms with Gasteiger partial charge in [-0.25, -0.2) is 4.79 Å². The van der Waals surface area contributed by atoms with Gasteiger partial charge < -0.3 is 19.5 Å². The van der Waals surface area contributed by atoms with Crippen molar-refractivity contribution in [2.45, 2.75) is 5.92 Å². The van der Waals surface area contributed by atoms with E-state index in [9.17, 15) is 9.59 Å². The fourth-order valence-corrected chi connectivity index (χ4v) is 4.07. The smallest absolute Gasteiger partial charge is 0.407 e. The fraction of sp³-hybridized carbons (Fsp3) is 0.154. The molecule has 32 heavy (non-hydrogen) atoms. The zero-order chi connectivity index (χ0) is 21.9. The van der Waals surface area contributed by atoms with Gasteiger partial charge in [-0.3, -0.25) is 4.79 Å². The van der Waals surface area contributed by atoms with Crippen molar-refractivity contribution >= 4 is 12.4 Å². The van der Waals surface area contributed by atoms with Gasteiger partial charge in [0.25, 0.3) is 0 Å². The minimum absolute atomic E-state index is 0.00279. The van der Waals surface area contributed by atoms with Crippen LogP contribution in [0.25, 0.3) is 11.1 Å². The summed E-state index contributed by atoms with van der Waals surface area (Å²) in [5, 5.41) is 2.64. The van der Waals surface area contributed by atoms with Crippen LogP contribution in [0.4, 0.5) is 4.79 Å². The summed E-state index contributed by atoms with van der Waals surface area (Å²) in [7, 11) is 0. The summed E-state index contributed by atoms with van der Waals surface area (Å²) < 4.78 is 16.1. The average Bonchev–Trinajstić information content (AvgIpc) is 3.41. The Kier molecular flexibility index (Phi) is 5.22. The van der Waals surface area contributed by atoms with E-state index in [1.54, 1.807) is 12.1 Å². The number of alkyl carbamates (subject to hydrolysis) is 1. The van der Waals surface area contributed by atoms with E-state index in [1.165, 1.54) is 11.1 Å². The van der Waals surface area contributed by atoms with Gasteiger partial charge in [0, 0.05) is 23.1 Å². The minimum atomic E-state index is -0.539. The first-order valence-corrected chi connectivity index (χ1v) is 10.2. The molecule has 1 heterocycles. The van der Waals surface area contributed by atoms with Crippen LogP contribution in [0, 0.1) is 11.8 Å². The molecule has 0 saturated carbocycles. The first kappa shape index (κ1) is 19.7. The Hall–Kier alpha value is -4.24. The van der Waals surface area contributed by atoms with Crippen LogP contribution in [-0.2, 0) is 4.74 Å². The van der Waals surface area contributed by atoms with E-state index in [4.69, 9.17) is 14.2 Å². The van der Waals surface area contributed by atoms with Gasteiger partial charge in [0.05, 0.1) is 6.54 Å². The van der Waals surface area contributed by atoms with E-state index < -0.39 is 6.09 Å². The highest BCUT2D eigenvalue weighted by atomic mass is 16.7. The monoisotopic (exact) mass is 425 g/mol. The number of benzene rings is 3. The van der Waals surface area contributed by atoms with Gasteiger partial charge in [-0.05, 0) is 28.3 Å². The van der Waals surface area contributed by atoms with Crippen LogP contribution in [0.1, 0.15) is 33.0 Å². The van der Waals surface area contributed by atoms with Crippen molar-refractivity contribution in [2.24, 2.45) is 0 Å². The molecule has 6 nitrogen and oxygen atoms in total. The van der Waals surface area contributed by atoms with Crippen molar-refractivity contribution in [3.8, 4) is 34.5 Å². The molecule has 1 aliphatic carbocycles. The van der Waals surface area contributed by atoms with Crippen molar-refractivity contribution in [3.63, 3.8) is 0 Å². The van der Waals surface area contributed by atoms with Gasteiger partial charge in [-0.2, -0.15) is 0 Å². The predicted octanol–water partition coefficient (Wildman–Crippen LogP) is 4.12. The summed E-state index contributed by atoms with van der Waals surface area (Å²) >= 11 is 0. The summed E-state index contributed by atoms with van der Waals surface area (Å²) in [4.78, 5) is 23.5. The van der Waals surface area contributed by atoms with E-state index in [2.05, 4.69) is 41.4 Å². The molecule has 1 N–H and O–H groups in total. The number of aldehydes is 1. The number of rotatable bonds is 4. The lowest BCUT2D eigenvalue weighted by Crippen LogP contribution is -2.26. The first-order chi connectivity index (χ1) is 15.7. The Morgan fingerprint density at radius 3 is 2.38 bits per heavy atom. The van der Waals surface area contributed by atoms with Crippen LogP contribution >= 0.6 is 0 Å². The highest BCUT2D eigenvalue weighted by Gasteiger charge is 2.28. The molecule has 0 radical (unpaired) electrons. The van der Waals surface area contributed by atoms with Gasteiger partial charge in [0.2, 0.25) is 6.79 Å². The molecule has 2 aliphatic rings. The number of nitrogens with one attached hydrogen (secondary N) is 1. The van der Waals surface area contributed by atoms with E-state index in [1.807, 2.05) is 24.3 Å². The van der Waals surface area contributed by atoms with E-state index in [0.29, 0.717) is 28.9 Å². The summed E-state index contributed by atoms with van der Waals surface area (Å²) in [6.07, 6.45) is 0.174. The molecule has 5 rings (SSSR count). The summed E-state index contributed by atoms with van der Waals surface area (Å²) in [6.45, 7) is 0.446. The largest absolute Gasteiger partial charge is 0.454 e. The van der Waals surface area contributed by atoms with Crippen LogP contribution in [0.15, 0.2) is 60.7 Å². The lowest BCUT2D eigenvalue weighted by molar-refractivity contribution is 0.112. The number of amides is 1. The molecule has 0 saturated heterocycles. The van der Waals surface area contributed by atoms with Gasteiger partial charge in [-0.1, -0.05) is 60.4 Å². The molecule has 3 aromatic carbocycles. The quantitative estimate of drug-likeness (QED) is 0.503. The zero-order valence-corrected chi connectivity index (χ0v) is 17.1. The molecule has 0 fully saturated rings. The number of ether oxygens (including phenoxy) is 3. The van der Waals surface area contributed by atoms with Crippen LogP contribution in [0.3, 0.4) is 0 Å². The molecule has 0 unspecified atom stereocenters. The van der Waals surface area contributed by atoms with Gasteiger partial charge >= 0.3 is 6.09 Å². The Labute approximate surface area is 185 Å². The standard InChI is InChI=1S/C26H19NO5/c28-14-18-13-25-24(31-16-32-25)12-17(18)6-5-11-27-26(29)30-15-23-21-9-3-1-7-19(21)20-8-2-4-10-22(20)23/h1-4,7-10,12-14,23H,11,15-16H2,(H,27,29). The number of hydrogen-bond acceptors (Lipinski definition) is 5. The summed E-state index contributed by atoms with van der Waals surface area (Å²) in [5.74, 6) is 6.80. The van der Waals surface area contributed by atoms with Crippen LogP contribution in [0.2, 0.25) is 0 Å². The Morgan fingerprint density at radius 2 is 1.69 bits per heavy atom. The molecule has 158 valence electrons. The van der Waals surface area contributed by atoms with Crippen LogP contribution in [-0.4, -0.2) is 32.3 Å². The van der Waals surface area contributed by atoms with Crippen LogP contribution < -0.4 is 14.8 Å². The third-order valence-electron chi connectivity index (χ3n) is 5.56. The van der Waals surface area contributed by atoms with Crippen molar-refractivity contribution < 1.29 is 23.8 Å². The average molecular weight is 425 g/mol. The molecule has 0 atom stereocenters. The first-order valence-electron chi connectivity index (χ1n) is 10.2. The molecule has 0 aromatic heterocycles. The van der Waals surface area contributed by atoms with Crippen molar-refractivity contribution in [2.75, 3.05) is 19.9 Å². The molecule has 6 heteroatoms. The Bertz CT molecular complexity index is 1230. The third-order valence-corrected chi connectivity index (χ3v) is 5.56. The maximum absolute atomic E-state index is 12.2. The van der Waals surface area contributed by atoms with Gasteiger partial charge in [-0.15, -0.1) is 0 Å². The maximum atomic E-state index is 12.2. The second-order valence-electron chi connectivity index (χ2n) is 7.39. The third kappa shape index (κ3) is 3.65. The molecule has 1 aliphatic heterocycles. The predicted molar refractivity (Wildman–Crippen MR) is 118 cm³/mol. The normalized spacial score (nSPS) is 12.9. The molecular weight excluding hydrogens is 406 g/mol. The number of carbonyl (C=O) groups is 2. The van der Waals surface area contributed by atoms with E-state index in [-0.39, 0.29) is 25.9 Å².